The van der Waals surface area contributed by atoms with Gasteiger partial charge in [-0.3, -0.25) is 4.90 Å². The molecule has 0 unspecified atom stereocenters. The molecule has 2 saturated heterocycles. The summed E-state index contributed by atoms with van der Waals surface area (Å²) in [4.78, 5) is 17.5. The van der Waals surface area contributed by atoms with Crippen molar-refractivity contribution in [2.75, 3.05) is 57.1 Å². The summed E-state index contributed by atoms with van der Waals surface area (Å²) in [7, 11) is 1.81. The number of likely N-dealkylation sites (N-methyl/N-ethyl adjacent to an activating group) is 1. The summed E-state index contributed by atoms with van der Waals surface area (Å²) in [5.74, 6) is -0.904. The molecule has 2 atom stereocenters. The fourth-order valence-corrected chi connectivity index (χ4v) is 7.36. The Labute approximate surface area is 254 Å². The highest BCUT2D eigenvalue weighted by Gasteiger charge is 2.53. The minimum atomic E-state index is -4.94. The molecule has 3 aromatic rings. The molecule has 2 aromatic heterocycles. The highest BCUT2D eigenvalue weighted by atomic mass is 35.5. The third-order valence-corrected chi connectivity index (χ3v) is 9.61. The van der Waals surface area contributed by atoms with Gasteiger partial charge < -0.3 is 25.4 Å². The first kappa shape index (κ1) is 29.5. The number of halogens is 6. The second-order valence-corrected chi connectivity index (χ2v) is 12.6. The summed E-state index contributed by atoms with van der Waals surface area (Å²) in [5.41, 5.74) is 1.91. The number of benzene rings is 1. The summed E-state index contributed by atoms with van der Waals surface area (Å²) >= 11 is 6.00. The van der Waals surface area contributed by atoms with Gasteiger partial charge >= 0.3 is 12.2 Å². The summed E-state index contributed by atoms with van der Waals surface area (Å²) in [6.07, 6.45) is -2.44. The first-order chi connectivity index (χ1) is 20.9. The first-order valence-corrected chi connectivity index (χ1v) is 15.0. The Morgan fingerprint density at radius 2 is 2.00 bits per heavy atom. The van der Waals surface area contributed by atoms with E-state index in [1.807, 2.05) is 4.90 Å². The molecule has 1 spiro atoms. The van der Waals surface area contributed by atoms with Crippen LogP contribution in [0, 0.1) is 5.82 Å². The molecule has 3 N–H and O–H groups in total. The predicted molar refractivity (Wildman–Crippen MR) is 154 cm³/mol. The maximum absolute atomic E-state index is 16.6. The van der Waals surface area contributed by atoms with Crippen LogP contribution in [0.15, 0.2) is 12.1 Å². The molecule has 9 nitrogen and oxygen atoms in total. The Morgan fingerprint density at radius 3 is 2.73 bits per heavy atom. The Bertz CT molecular complexity index is 1640. The van der Waals surface area contributed by atoms with E-state index >= 15 is 4.39 Å². The van der Waals surface area contributed by atoms with Gasteiger partial charge in [0.1, 0.15) is 41.8 Å². The Hall–Kier alpha value is -3.23. The van der Waals surface area contributed by atoms with Gasteiger partial charge in [0.2, 0.25) is 5.88 Å². The van der Waals surface area contributed by atoms with Crippen molar-refractivity contribution in [3.05, 3.63) is 28.5 Å². The van der Waals surface area contributed by atoms with E-state index in [0.717, 1.165) is 44.4 Å². The van der Waals surface area contributed by atoms with E-state index in [1.54, 1.807) is 7.05 Å². The van der Waals surface area contributed by atoms with Crippen LogP contribution in [-0.2, 0) is 6.18 Å². The van der Waals surface area contributed by atoms with E-state index in [9.17, 15) is 17.6 Å². The van der Waals surface area contributed by atoms with Crippen molar-refractivity contribution in [3.63, 3.8) is 0 Å². The summed E-state index contributed by atoms with van der Waals surface area (Å²) in [6, 6.07) is 1.78. The molecule has 3 fully saturated rings. The monoisotopic (exact) mass is 639 g/mol. The molecule has 1 aromatic carbocycles. The molecule has 7 rings (SSSR count). The molecule has 236 valence electrons. The molecule has 44 heavy (non-hydrogen) atoms. The summed E-state index contributed by atoms with van der Waals surface area (Å²) in [5, 5.41) is 2.56. The SMILES string of the molecule is CNCCN1c2nc(OC[C@@]34CCCN3C[C@H](F)C4)nc3c(F)c(-c4cc(N)cc(Cl)c4C(F)(F)F)nc(c23)OCC12CC2. The minimum absolute atomic E-state index is 0.0893. The molecule has 0 bridgehead atoms. The van der Waals surface area contributed by atoms with Gasteiger partial charge in [-0.2, -0.15) is 23.1 Å². The van der Waals surface area contributed by atoms with Gasteiger partial charge in [0.05, 0.1) is 21.7 Å². The van der Waals surface area contributed by atoms with E-state index in [-0.39, 0.29) is 41.7 Å². The molecule has 15 heteroatoms. The van der Waals surface area contributed by atoms with Crippen LogP contribution < -0.4 is 25.4 Å². The lowest BCUT2D eigenvalue weighted by Gasteiger charge is -2.32. The normalized spacial score (nSPS) is 24.1. The smallest absolute Gasteiger partial charge is 0.418 e. The molecule has 0 amide bonds. The van der Waals surface area contributed by atoms with Gasteiger partial charge in [-0.25, -0.2) is 13.8 Å². The highest BCUT2D eigenvalue weighted by molar-refractivity contribution is 6.32. The van der Waals surface area contributed by atoms with E-state index in [1.165, 1.54) is 0 Å². The van der Waals surface area contributed by atoms with Gasteiger partial charge in [-0.05, 0) is 51.4 Å². The standard InChI is InChI=1S/C29H31ClF5N7O2/c1-37-6-8-42-24-19-23(39-26(40-24)44-14-28-3-2-7-41(28)12-15(31)11-28)21(32)22(38-25(19)43-13-27(42)4-5-27)17-9-16(36)10-18(30)20(17)29(33,34)35/h9-10,15,37H,2-8,11-14,36H2,1H3/t15-,28+/m1/s1. The lowest BCUT2D eigenvalue weighted by atomic mass is 9.95. The van der Waals surface area contributed by atoms with Gasteiger partial charge in [0.25, 0.3) is 0 Å². The molecule has 0 radical (unpaired) electrons. The topological polar surface area (TPSA) is 102 Å². The number of ether oxygens (including phenoxy) is 2. The van der Waals surface area contributed by atoms with Crippen LogP contribution in [0.3, 0.4) is 0 Å². The Morgan fingerprint density at radius 1 is 1.20 bits per heavy atom. The molecule has 4 aliphatic rings. The molecule has 1 aliphatic carbocycles. The van der Waals surface area contributed by atoms with E-state index in [0.29, 0.717) is 31.9 Å². The average molecular weight is 640 g/mol. The van der Waals surface area contributed by atoms with Gasteiger partial charge in [-0.1, -0.05) is 11.6 Å². The Kier molecular flexibility index (Phi) is 6.98. The van der Waals surface area contributed by atoms with Crippen LogP contribution in [0.5, 0.6) is 11.9 Å². The van der Waals surface area contributed by atoms with Gasteiger partial charge in [0, 0.05) is 37.3 Å². The van der Waals surface area contributed by atoms with Crippen LogP contribution >= 0.6 is 11.6 Å². The zero-order valence-electron chi connectivity index (χ0n) is 23.9. The van der Waals surface area contributed by atoms with E-state index in [2.05, 4.69) is 20.2 Å². The fourth-order valence-electron chi connectivity index (χ4n) is 7.03. The van der Waals surface area contributed by atoms with Gasteiger partial charge in [0.15, 0.2) is 5.82 Å². The molecule has 1 saturated carbocycles. The van der Waals surface area contributed by atoms with Crippen molar-refractivity contribution < 1.29 is 31.4 Å². The minimum Gasteiger partial charge on any atom is -0.475 e. The maximum atomic E-state index is 16.6. The van der Waals surface area contributed by atoms with E-state index in [4.69, 9.17) is 31.8 Å². The van der Waals surface area contributed by atoms with Crippen molar-refractivity contribution in [2.45, 2.75) is 55.5 Å². The Balaban J connectivity index is 1.42. The van der Waals surface area contributed by atoms with Crippen molar-refractivity contribution >= 4 is 34.0 Å². The lowest BCUT2D eigenvalue weighted by molar-refractivity contribution is -0.137. The number of nitrogen functional groups attached to an aromatic ring is 1. The quantitative estimate of drug-likeness (QED) is 0.274. The number of hydrogen-bond donors (Lipinski definition) is 2. The number of alkyl halides is 4. The average Bonchev–Trinajstić information content (AvgIpc) is 3.57. The number of aromatic nitrogens is 3. The van der Waals surface area contributed by atoms with Gasteiger partial charge in [-0.15, -0.1) is 0 Å². The van der Waals surface area contributed by atoms with Crippen LogP contribution in [0.4, 0.5) is 33.5 Å². The second kappa shape index (κ2) is 10.4. The highest BCUT2D eigenvalue weighted by Crippen LogP contribution is 2.51. The molecule has 3 aliphatic heterocycles. The second-order valence-electron chi connectivity index (χ2n) is 12.2. The number of nitrogens with two attached hydrogens (primary N) is 1. The number of fused-ring (bicyclic) bond motifs is 1. The number of nitrogens with zero attached hydrogens (tertiary/aromatic N) is 5. The maximum Gasteiger partial charge on any atom is 0.418 e. The molecule has 5 heterocycles. The van der Waals surface area contributed by atoms with Crippen molar-refractivity contribution in [1.29, 1.82) is 0 Å². The number of nitrogens with one attached hydrogen (secondary N) is 1. The van der Waals surface area contributed by atoms with Crippen molar-refractivity contribution in [3.8, 4) is 23.1 Å². The fraction of sp³-hybridized carbons (Fsp3) is 0.552. The summed E-state index contributed by atoms with van der Waals surface area (Å²) < 4.78 is 85.9. The number of anilines is 2. The van der Waals surface area contributed by atoms with Crippen LogP contribution in [-0.4, -0.2) is 83.5 Å². The lowest BCUT2D eigenvalue weighted by Crippen LogP contribution is -2.45. The molecular formula is C29H31ClF5N7O2. The third kappa shape index (κ3) is 4.76. The molecular weight excluding hydrogens is 609 g/mol. The van der Waals surface area contributed by atoms with Crippen molar-refractivity contribution in [1.82, 2.24) is 25.2 Å². The first-order valence-electron chi connectivity index (χ1n) is 14.6. The largest absolute Gasteiger partial charge is 0.475 e. The van der Waals surface area contributed by atoms with E-state index < -0.39 is 51.1 Å². The summed E-state index contributed by atoms with van der Waals surface area (Å²) in [6.45, 7) is 2.38. The number of pyridine rings is 1. The number of rotatable bonds is 7. The number of hydrogen-bond acceptors (Lipinski definition) is 9. The van der Waals surface area contributed by atoms with Crippen LogP contribution in [0.1, 0.15) is 37.7 Å². The van der Waals surface area contributed by atoms with Crippen molar-refractivity contribution in [2.24, 2.45) is 0 Å². The predicted octanol–water partition coefficient (Wildman–Crippen LogP) is 4.99. The third-order valence-electron chi connectivity index (χ3n) is 9.31. The van der Waals surface area contributed by atoms with Crippen LogP contribution in [0.2, 0.25) is 5.02 Å². The zero-order chi connectivity index (χ0) is 31.0. The van der Waals surface area contributed by atoms with Crippen LogP contribution in [0.25, 0.3) is 22.2 Å². The zero-order valence-corrected chi connectivity index (χ0v) is 24.7.